The van der Waals surface area contributed by atoms with Crippen molar-refractivity contribution < 1.29 is 40.3 Å². The molecule has 8 nitrogen and oxygen atoms in total. The number of pyridine rings is 1. The highest BCUT2D eigenvalue weighted by Gasteiger charge is 2.40. The summed E-state index contributed by atoms with van der Waals surface area (Å²) in [7, 11) is 0. The fourth-order valence-electron chi connectivity index (χ4n) is 3.02. The highest BCUT2D eigenvalue weighted by Crippen LogP contribution is 2.36. The van der Waals surface area contributed by atoms with Crippen molar-refractivity contribution in [1.29, 1.82) is 0 Å². The largest absolute Gasteiger partial charge is 0.416 e. The predicted molar refractivity (Wildman–Crippen MR) is 109 cm³/mol. The maximum Gasteiger partial charge on any atom is 0.416 e. The van der Waals surface area contributed by atoms with E-state index in [2.05, 4.69) is 15.4 Å². The molecule has 0 saturated heterocycles. The fraction of sp³-hybridized carbons (Fsp3) is 0.200. The Hall–Kier alpha value is -4.17. The predicted octanol–water partition coefficient (Wildman–Crippen LogP) is 4.16. The molecule has 1 aromatic carbocycles. The summed E-state index contributed by atoms with van der Waals surface area (Å²) in [5.74, 6) is -4.70. The maximum atomic E-state index is 14.9. The molecular formula is C20H15F7N6O2. The number of nitrogens with two attached hydrogens (primary N) is 2. The van der Waals surface area contributed by atoms with Gasteiger partial charge in [0.05, 0.1) is 5.56 Å². The number of nitrogens with one attached hydrogen (secondary N) is 1. The molecule has 3 rings (SSSR count). The minimum absolute atomic E-state index is 0.273. The summed E-state index contributed by atoms with van der Waals surface area (Å²) < 4.78 is 93.0. The number of amides is 2. The first kappa shape index (κ1) is 25.5. The second-order valence-electron chi connectivity index (χ2n) is 7.21. The van der Waals surface area contributed by atoms with Crippen molar-refractivity contribution in [1.82, 2.24) is 14.8 Å². The van der Waals surface area contributed by atoms with Gasteiger partial charge in [-0.15, -0.1) is 0 Å². The van der Waals surface area contributed by atoms with Crippen molar-refractivity contribution in [3.63, 3.8) is 0 Å². The second-order valence-corrected chi connectivity index (χ2v) is 7.21. The summed E-state index contributed by atoms with van der Waals surface area (Å²) in [6, 6.07) is 1.56. The fourth-order valence-corrected chi connectivity index (χ4v) is 3.02. The summed E-state index contributed by atoms with van der Waals surface area (Å²) >= 11 is 0. The van der Waals surface area contributed by atoms with Crippen LogP contribution in [-0.2, 0) is 6.18 Å². The normalized spacial score (nSPS) is 12.9. The van der Waals surface area contributed by atoms with E-state index in [0.29, 0.717) is 25.1 Å². The van der Waals surface area contributed by atoms with Crippen LogP contribution in [-0.4, -0.2) is 32.8 Å². The first-order chi connectivity index (χ1) is 16.1. The number of carbonyl (C=O) groups excluding carboxylic acids is 2. The van der Waals surface area contributed by atoms with Gasteiger partial charge in [0.1, 0.15) is 34.8 Å². The number of nitrogens with zero attached hydrogens (tertiary/aromatic N) is 3. The van der Waals surface area contributed by atoms with E-state index in [4.69, 9.17) is 11.5 Å². The number of benzene rings is 1. The lowest BCUT2D eigenvalue weighted by Crippen LogP contribution is -2.26. The molecule has 0 aliphatic carbocycles. The summed E-state index contributed by atoms with van der Waals surface area (Å²) in [4.78, 5) is 27.8. The Labute approximate surface area is 191 Å². The number of carbonyl (C=O) groups is 2. The number of hydrogen-bond acceptors (Lipinski definition) is 5. The van der Waals surface area contributed by atoms with Crippen LogP contribution in [0.5, 0.6) is 0 Å². The van der Waals surface area contributed by atoms with Gasteiger partial charge in [-0.25, -0.2) is 14.1 Å². The van der Waals surface area contributed by atoms with E-state index < -0.39 is 70.0 Å². The molecule has 0 bridgehead atoms. The Morgan fingerprint density at radius 3 is 2.29 bits per heavy atom. The molecule has 186 valence electrons. The topological polar surface area (TPSA) is 129 Å². The molecule has 0 spiro atoms. The number of alkyl halides is 6. The van der Waals surface area contributed by atoms with Crippen LogP contribution in [0, 0.1) is 5.82 Å². The van der Waals surface area contributed by atoms with E-state index in [0.717, 1.165) is 18.3 Å². The molecule has 1 unspecified atom stereocenters. The molecule has 0 fully saturated rings. The average molecular weight is 504 g/mol. The molecule has 0 aliphatic heterocycles. The second kappa shape index (κ2) is 8.88. The average Bonchev–Trinajstić information content (AvgIpc) is 3.08. The Bertz CT molecular complexity index is 1300. The molecule has 15 heteroatoms. The molecule has 35 heavy (non-hydrogen) atoms. The van der Waals surface area contributed by atoms with Crippen molar-refractivity contribution in [2.24, 2.45) is 5.73 Å². The van der Waals surface area contributed by atoms with Gasteiger partial charge in [-0.1, -0.05) is 0 Å². The lowest BCUT2D eigenvalue weighted by Gasteiger charge is -2.17. The van der Waals surface area contributed by atoms with Crippen LogP contribution in [0.1, 0.15) is 39.2 Å². The van der Waals surface area contributed by atoms with Crippen molar-refractivity contribution in [3.05, 3.63) is 59.0 Å². The van der Waals surface area contributed by atoms with Gasteiger partial charge in [-0.3, -0.25) is 9.59 Å². The zero-order valence-electron chi connectivity index (χ0n) is 17.5. The van der Waals surface area contributed by atoms with E-state index in [1.165, 1.54) is 0 Å². The molecule has 2 amide bonds. The molecule has 3 aromatic rings. The van der Waals surface area contributed by atoms with E-state index in [1.54, 1.807) is 0 Å². The molecule has 5 N–H and O–H groups in total. The SMILES string of the molecule is CC(n1nc(-c2ccc(C(=O)Nc3cc(C(F)(F)F)ccn3)cc2F)c(C(N)=O)c1N)C(F)(F)F. The number of nitrogen functional groups attached to an aromatic ring is 1. The summed E-state index contributed by atoms with van der Waals surface area (Å²) in [5, 5.41) is 5.69. The van der Waals surface area contributed by atoms with E-state index in [-0.39, 0.29) is 10.2 Å². The number of rotatable bonds is 5. The lowest BCUT2D eigenvalue weighted by molar-refractivity contribution is -0.164. The first-order valence-corrected chi connectivity index (χ1v) is 9.50. The standard InChI is InChI=1S/C20H15F7N6O2/c1-8(19(22,23)24)33-16(28)14(17(29)34)15(32-33)11-3-2-9(6-12(11)21)18(35)31-13-7-10(4-5-30-13)20(25,26)27/h2-8H,28H2,1H3,(H2,29,34)(H,30,31,35). The third kappa shape index (κ3) is 5.17. The highest BCUT2D eigenvalue weighted by molar-refractivity contribution is 6.05. The van der Waals surface area contributed by atoms with Crippen molar-refractivity contribution in [2.45, 2.75) is 25.3 Å². The maximum absolute atomic E-state index is 14.9. The summed E-state index contributed by atoms with van der Waals surface area (Å²) in [5.41, 5.74) is 7.63. The van der Waals surface area contributed by atoms with E-state index in [1.807, 2.05) is 0 Å². The molecule has 0 saturated carbocycles. The van der Waals surface area contributed by atoms with Crippen LogP contribution in [0.25, 0.3) is 11.3 Å². The van der Waals surface area contributed by atoms with E-state index >= 15 is 0 Å². The van der Waals surface area contributed by atoms with Gasteiger partial charge in [-0.2, -0.15) is 31.4 Å². The zero-order valence-corrected chi connectivity index (χ0v) is 17.5. The monoisotopic (exact) mass is 504 g/mol. The van der Waals surface area contributed by atoms with Gasteiger partial charge in [-0.05, 0) is 37.3 Å². The van der Waals surface area contributed by atoms with Crippen LogP contribution in [0.15, 0.2) is 36.5 Å². The van der Waals surface area contributed by atoms with Crippen LogP contribution < -0.4 is 16.8 Å². The van der Waals surface area contributed by atoms with Gasteiger partial charge < -0.3 is 16.8 Å². The van der Waals surface area contributed by atoms with E-state index in [9.17, 15) is 40.3 Å². The Balaban J connectivity index is 1.97. The Morgan fingerprint density at radius 1 is 1.09 bits per heavy atom. The van der Waals surface area contributed by atoms with Gasteiger partial charge in [0, 0.05) is 17.3 Å². The number of anilines is 2. The summed E-state index contributed by atoms with van der Waals surface area (Å²) in [6.45, 7) is 0.712. The minimum Gasteiger partial charge on any atom is -0.383 e. The molecular weight excluding hydrogens is 489 g/mol. The Kier molecular flexibility index (Phi) is 6.46. The first-order valence-electron chi connectivity index (χ1n) is 9.50. The number of primary amides is 1. The van der Waals surface area contributed by atoms with Gasteiger partial charge >= 0.3 is 12.4 Å². The third-order valence-corrected chi connectivity index (χ3v) is 4.85. The summed E-state index contributed by atoms with van der Waals surface area (Å²) in [6.07, 6.45) is -8.68. The molecule has 1 atom stereocenters. The zero-order chi connectivity index (χ0) is 26.3. The minimum atomic E-state index is -4.80. The molecule has 0 aliphatic rings. The van der Waals surface area contributed by atoms with Crippen LogP contribution in [0.3, 0.4) is 0 Å². The molecule has 0 radical (unpaired) electrons. The highest BCUT2D eigenvalue weighted by atomic mass is 19.4. The Morgan fingerprint density at radius 2 is 1.74 bits per heavy atom. The number of aromatic nitrogens is 3. The van der Waals surface area contributed by atoms with Crippen LogP contribution >= 0.6 is 0 Å². The smallest absolute Gasteiger partial charge is 0.383 e. The molecule has 2 aromatic heterocycles. The van der Waals surface area contributed by atoms with Crippen molar-refractivity contribution >= 4 is 23.5 Å². The lowest BCUT2D eigenvalue weighted by atomic mass is 10.0. The van der Waals surface area contributed by atoms with Crippen molar-refractivity contribution in [2.75, 3.05) is 11.1 Å². The third-order valence-electron chi connectivity index (χ3n) is 4.85. The van der Waals surface area contributed by atoms with Crippen LogP contribution in [0.2, 0.25) is 0 Å². The quantitative estimate of drug-likeness (QED) is 0.450. The van der Waals surface area contributed by atoms with Gasteiger partial charge in [0.2, 0.25) is 0 Å². The molecule has 2 heterocycles. The van der Waals surface area contributed by atoms with Crippen LogP contribution in [0.4, 0.5) is 42.4 Å². The van der Waals surface area contributed by atoms with Crippen molar-refractivity contribution in [3.8, 4) is 11.3 Å². The van der Waals surface area contributed by atoms with Gasteiger partial charge in [0.25, 0.3) is 11.8 Å². The number of halogens is 7. The van der Waals surface area contributed by atoms with Gasteiger partial charge in [0.15, 0.2) is 0 Å². The number of hydrogen-bond donors (Lipinski definition) is 3.